The van der Waals surface area contributed by atoms with E-state index in [1.165, 1.54) is 17.9 Å². The van der Waals surface area contributed by atoms with Gasteiger partial charge >= 0.3 is 0 Å². The van der Waals surface area contributed by atoms with E-state index < -0.39 is 0 Å². The largest absolute Gasteiger partial charge is 0.384 e. The van der Waals surface area contributed by atoms with Crippen molar-refractivity contribution in [1.82, 2.24) is 4.98 Å². The molecule has 0 bridgehead atoms. The van der Waals surface area contributed by atoms with Gasteiger partial charge in [0.1, 0.15) is 0 Å². The second-order valence-corrected chi connectivity index (χ2v) is 4.56. The predicted molar refractivity (Wildman–Crippen MR) is 65.1 cm³/mol. The van der Waals surface area contributed by atoms with E-state index in [-0.39, 0.29) is 0 Å². The number of anilines is 1. The zero-order chi connectivity index (χ0) is 10.2. The first kappa shape index (κ1) is 11.4. The summed E-state index contributed by atoms with van der Waals surface area (Å²) in [4.78, 5) is 4.23. The van der Waals surface area contributed by atoms with E-state index in [4.69, 9.17) is 0 Å². The molecule has 14 heavy (non-hydrogen) atoms. The number of nitrogens with zero attached hydrogens (tertiary/aromatic N) is 1. The van der Waals surface area contributed by atoms with Crippen molar-refractivity contribution >= 4 is 17.4 Å². The van der Waals surface area contributed by atoms with E-state index in [2.05, 4.69) is 23.3 Å². The Morgan fingerprint density at radius 2 is 2.29 bits per heavy atom. The van der Waals surface area contributed by atoms with Crippen LogP contribution in [0, 0.1) is 6.92 Å². The molecule has 0 unspecified atom stereocenters. The Morgan fingerprint density at radius 3 is 2.93 bits per heavy atom. The average Bonchev–Trinajstić information content (AvgIpc) is 2.21. The number of aromatic nitrogens is 1. The van der Waals surface area contributed by atoms with Crippen molar-refractivity contribution in [2.75, 3.05) is 23.4 Å². The highest BCUT2D eigenvalue weighted by Gasteiger charge is 1.91. The molecule has 0 aliphatic heterocycles. The summed E-state index contributed by atoms with van der Waals surface area (Å²) < 4.78 is 0. The van der Waals surface area contributed by atoms with E-state index >= 15 is 0 Å². The molecule has 78 valence electrons. The van der Waals surface area contributed by atoms with Crippen LogP contribution in [0.4, 0.5) is 5.69 Å². The van der Waals surface area contributed by atoms with Gasteiger partial charge in [0.15, 0.2) is 0 Å². The quantitative estimate of drug-likeness (QED) is 0.731. The van der Waals surface area contributed by atoms with Gasteiger partial charge in [0.2, 0.25) is 0 Å². The van der Waals surface area contributed by atoms with E-state index in [0.29, 0.717) is 0 Å². The van der Waals surface area contributed by atoms with Crippen molar-refractivity contribution < 1.29 is 0 Å². The van der Waals surface area contributed by atoms with Crippen molar-refractivity contribution in [1.29, 1.82) is 0 Å². The lowest BCUT2D eigenvalue weighted by molar-refractivity contribution is 0.988. The van der Waals surface area contributed by atoms with Crippen LogP contribution in [0.1, 0.15) is 19.0 Å². The molecule has 1 aromatic heterocycles. The minimum absolute atomic E-state index is 1.04. The zero-order valence-corrected chi connectivity index (χ0v) is 9.73. The van der Waals surface area contributed by atoms with Crippen LogP contribution in [0.15, 0.2) is 18.3 Å². The summed E-state index contributed by atoms with van der Waals surface area (Å²) >= 11 is 1.99. The maximum Gasteiger partial charge on any atom is 0.0526 e. The maximum absolute atomic E-state index is 4.23. The molecule has 3 heteroatoms. The number of pyridine rings is 1. The summed E-state index contributed by atoms with van der Waals surface area (Å²) in [6.07, 6.45) is 3.11. The molecule has 1 N–H and O–H groups in total. The van der Waals surface area contributed by atoms with Crippen molar-refractivity contribution in [3.63, 3.8) is 0 Å². The summed E-state index contributed by atoms with van der Waals surface area (Å²) in [5.74, 6) is 2.45. The van der Waals surface area contributed by atoms with Crippen LogP contribution in [0.3, 0.4) is 0 Å². The van der Waals surface area contributed by atoms with Crippen LogP contribution in [0.2, 0.25) is 0 Å². The fourth-order valence-electron chi connectivity index (χ4n) is 1.12. The number of hydrogen-bond donors (Lipinski definition) is 1. The normalized spacial score (nSPS) is 10.1. The fourth-order valence-corrected chi connectivity index (χ4v) is 1.76. The van der Waals surface area contributed by atoms with E-state index in [1.54, 1.807) is 0 Å². The Balaban J connectivity index is 2.15. The van der Waals surface area contributed by atoms with Gasteiger partial charge < -0.3 is 5.32 Å². The molecule has 0 fully saturated rings. The first-order chi connectivity index (χ1) is 6.83. The van der Waals surface area contributed by atoms with Gasteiger partial charge in [-0.05, 0) is 37.0 Å². The summed E-state index contributed by atoms with van der Waals surface area (Å²) in [7, 11) is 0. The lowest BCUT2D eigenvalue weighted by atomic mass is 10.3. The molecular formula is C11H18N2S. The lowest BCUT2D eigenvalue weighted by Gasteiger charge is -2.05. The molecule has 0 amide bonds. The van der Waals surface area contributed by atoms with Gasteiger partial charge in [0.25, 0.3) is 0 Å². The fraction of sp³-hybridized carbons (Fsp3) is 0.545. The topological polar surface area (TPSA) is 24.9 Å². The highest BCUT2D eigenvalue weighted by atomic mass is 32.2. The first-order valence-corrected chi connectivity index (χ1v) is 6.22. The highest BCUT2D eigenvalue weighted by molar-refractivity contribution is 7.99. The Kier molecular flexibility index (Phi) is 5.45. The molecule has 0 atom stereocenters. The first-order valence-electron chi connectivity index (χ1n) is 5.07. The molecule has 1 rings (SSSR count). The molecular weight excluding hydrogens is 192 g/mol. The van der Waals surface area contributed by atoms with Crippen molar-refractivity contribution in [2.24, 2.45) is 0 Å². The van der Waals surface area contributed by atoms with Gasteiger partial charge in [0.05, 0.1) is 11.9 Å². The van der Waals surface area contributed by atoms with Crippen molar-refractivity contribution in [2.45, 2.75) is 20.3 Å². The second kappa shape index (κ2) is 6.71. The van der Waals surface area contributed by atoms with E-state index in [1.807, 2.05) is 30.9 Å². The van der Waals surface area contributed by atoms with Gasteiger partial charge in [-0.1, -0.05) is 6.92 Å². The molecule has 1 heterocycles. The van der Waals surface area contributed by atoms with Crippen molar-refractivity contribution in [3.05, 3.63) is 24.0 Å². The Morgan fingerprint density at radius 1 is 1.43 bits per heavy atom. The monoisotopic (exact) mass is 210 g/mol. The van der Waals surface area contributed by atoms with E-state index in [9.17, 15) is 0 Å². The summed E-state index contributed by atoms with van der Waals surface area (Å²) in [6, 6.07) is 4.11. The van der Waals surface area contributed by atoms with Crippen molar-refractivity contribution in [3.8, 4) is 0 Å². The smallest absolute Gasteiger partial charge is 0.0526 e. The Labute approximate surface area is 90.5 Å². The molecule has 0 radical (unpaired) electrons. The number of thioether (sulfide) groups is 1. The minimum Gasteiger partial charge on any atom is -0.384 e. The second-order valence-electron chi connectivity index (χ2n) is 3.17. The van der Waals surface area contributed by atoms with Gasteiger partial charge in [-0.25, -0.2) is 0 Å². The van der Waals surface area contributed by atoms with Gasteiger partial charge in [-0.15, -0.1) is 0 Å². The van der Waals surface area contributed by atoms with E-state index in [0.717, 1.165) is 17.9 Å². The Hall–Kier alpha value is -0.700. The number of nitrogens with one attached hydrogen (secondary N) is 1. The van der Waals surface area contributed by atoms with Gasteiger partial charge in [-0.3, -0.25) is 4.98 Å². The molecule has 0 spiro atoms. The summed E-state index contributed by atoms with van der Waals surface area (Å²) in [5.41, 5.74) is 2.19. The van der Waals surface area contributed by atoms with Crippen LogP contribution in [0.5, 0.6) is 0 Å². The van der Waals surface area contributed by atoms with Crippen LogP contribution < -0.4 is 5.32 Å². The summed E-state index contributed by atoms with van der Waals surface area (Å²) in [6.45, 7) is 5.24. The van der Waals surface area contributed by atoms with Gasteiger partial charge in [0, 0.05) is 12.2 Å². The third kappa shape index (κ3) is 4.51. The third-order valence-electron chi connectivity index (χ3n) is 1.91. The number of aryl methyl sites for hydroxylation is 1. The predicted octanol–water partition coefficient (Wildman–Crippen LogP) is 2.95. The molecule has 0 saturated carbocycles. The highest BCUT2D eigenvalue weighted by Crippen LogP contribution is 2.06. The number of hydrogen-bond acceptors (Lipinski definition) is 3. The third-order valence-corrected chi connectivity index (χ3v) is 2.90. The van der Waals surface area contributed by atoms with Crippen LogP contribution in [-0.2, 0) is 0 Å². The summed E-state index contributed by atoms with van der Waals surface area (Å²) in [5, 5.41) is 3.35. The van der Waals surface area contributed by atoms with Crippen LogP contribution >= 0.6 is 11.8 Å². The lowest BCUT2D eigenvalue weighted by Crippen LogP contribution is -2.02. The standard InChI is InChI=1S/C11H18N2S/c1-3-14-8-4-7-12-11-6-5-10(2)13-9-11/h5-6,9,12H,3-4,7-8H2,1-2H3. The van der Waals surface area contributed by atoms with Crippen LogP contribution in [0.25, 0.3) is 0 Å². The molecule has 1 aromatic rings. The SMILES string of the molecule is CCSCCCNc1ccc(C)nc1. The molecule has 0 aliphatic carbocycles. The minimum atomic E-state index is 1.04. The zero-order valence-electron chi connectivity index (χ0n) is 8.92. The number of rotatable bonds is 6. The molecule has 0 aromatic carbocycles. The molecule has 0 aliphatic rings. The van der Waals surface area contributed by atoms with Gasteiger partial charge in [-0.2, -0.15) is 11.8 Å². The molecule has 0 saturated heterocycles. The average molecular weight is 210 g/mol. The maximum atomic E-state index is 4.23. The molecule has 2 nitrogen and oxygen atoms in total. The van der Waals surface area contributed by atoms with Crippen LogP contribution in [-0.4, -0.2) is 23.0 Å². The Bertz CT molecular complexity index is 246.